The predicted molar refractivity (Wildman–Crippen MR) is 98.4 cm³/mol. The van der Waals surface area contributed by atoms with Crippen LogP contribution in [-0.4, -0.2) is 18.7 Å². The highest BCUT2D eigenvalue weighted by Crippen LogP contribution is 2.22. The van der Waals surface area contributed by atoms with Gasteiger partial charge >= 0.3 is 0 Å². The minimum absolute atomic E-state index is 0.550. The lowest BCUT2D eigenvalue weighted by molar-refractivity contribution is 0.320. The molecule has 0 bridgehead atoms. The molecule has 4 heteroatoms. The minimum atomic E-state index is 0.550. The largest absolute Gasteiger partial charge is 0.504 e. The molecule has 25 heavy (non-hydrogen) atoms. The Morgan fingerprint density at radius 3 is 2.52 bits per heavy atom. The number of rotatable bonds is 7. The summed E-state index contributed by atoms with van der Waals surface area (Å²) in [5.74, 6) is 2.32. The molecule has 0 N–H and O–H groups in total. The summed E-state index contributed by atoms with van der Waals surface area (Å²) in [5.41, 5.74) is 2.98. The molecule has 0 radical (unpaired) electrons. The van der Waals surface area contributed by atoms with E-state index in [1.165, 1.54) is 0 Å². The summed E-state index contributed by atoms with van der Waals surface area (Å²) >= 11 is 0. The van der Waals surface area contributed by atoms with Gasteiger partial charge in [-0.1, -0.05) is 30.3 Å². The molecule has 0 atom stereocenters. The zero-order chi connectivity index (χ0) is 17.5. The molecule has 2 aromatic carbocycles. The fourth-order valence-electron chi connectivity index (χ4n) is 2.45. The van der Waals surface area contributed by atoms with Gasteiger partial charge in [0.1, 0.15) is 11.5 Å². The summed E-state index contributed by atoms with van der Waals surface area (Å²) < 4.78 is 16.5. The molecule has 0 aliphatic heterocycles. The van der Waals surface area contributed by atoms with Crippen molar-refractivity contribution in [1.82, 2.24) is 4.98 Å². The molecule has 0 saturated heterocycles. The molecule has 0 aliphatic carbocycles. The Bertz CT molecular complexity index is 820. The van der Waals surface area contributed by atoms with Gasteiger partial charge in [0.05, 0.1) is 25.7 Å². The zero-order valence-electron chi connectivity index (χ0n) is 14.4. The molecule has 0 fully saturated rings. The molecule has 4 nitrogen and oxygen atoms in total. The molecular weight excluding hydrogens is 314 g/mol. The highest BCUT2D eigenvalue weighted by Gasteiger charge is 2.11. The monoisotopic (exact) mass is 335 g/mol. The fourth-order valence-corrected chi connectivity index (χ4v) is 2.45. The van der Waals surface area contributed by atoms with E-state index in [1.54, 1.807) is 13.4 Å². The van der Waals surface area contributed by atoms with Crippen LogP contribution in [0.25, 0.3) is 17.5 Å². The number of methoxy groups -OCH3 is 1. The van der Waals surface area contributed by atoms with Crippen LogP contribution in [0.3, 0.4) is 0 Å². The van der Waals surface area contributed by atoms with Crippen LogP contribution >= 0.6 is 0 Å². The van der Waals surface area contributed by atoms with E-state index >= 15 is 0 Å². The van der Waals surface area contributed by atoms with Gasteiger partial charge in [0.2, 0.25) is 5.89 Å². The summed E-state index contributed by atoms with van der Waals surface area (Å²) in [5, 5.41) is 0. The summed E-state index contributed by atoms with van der Waals surface area (Å²) in [6.45, 7) is 2.49. The van der Waals surface area contributed by atoms with Gasteiger partial charge in [0.15, 0.2) is 0 Å². The van der Waals surface area contributed by atoms with E-state index < -0.39 is 0 Å². The topological polar surface area (TPSA) is 44.5 Å². The van der Waals surface area contributed by atoms with Crippen molar-refractivity contribution in [3.8, 4) is 17.2 Å². The Labute approximate surface area is 147 Å². The molecule has 0 spiro atoms. The SMILES string of the molecule is CO/C=C/c1ccc(OCCc2nc(-c3ccccc3)oc2C)cc1. The maximum Gasteiger partial charge on any atom is 0.226 e. The third kappa shape index (κ3) is 4.51. The second-order valence-corrected chi connectivity index (χ2v) is 5.59. The zero-order valence-corrected chi connectivity index (χ0v) is 14.4. The van der Waals surface area contributed by atoms with Gasteiger partial charge in [-0.25, -0.2) is 4.98 Å². The number of nitrogens with zero attached hydrogens (tertiary/aromatic N) is 1. The number of ether oxygens (including phenoxy) is 2. The van der Waals surface area contributed by atoms with Crippen LogP contribution < -0.4 is 4.74 Å². The normalized spacial score (nSPS) is 11.0. The van der Waals surface area contributed by atoms with Gasteiger partial charge in [0, 0.05) is 12.0 Å². The molecule has 1 heterocycles. The number of aryl methyl sites for hydroxylation is 1. The highest BCUT2D eigenvalue weighted by molar-refractivity contribution is 5.53. The van der Waals surface area contributed by atoms with Crippen molar-refractivity contribution in [1.29, 1.82) is 0 Å². The van der Waals surface area contributed by atoms with Crippen LogP contribution in [-0.2, 0) is 11.2 Å². The predicted octanol–water partition coefficient (Wildman–Crippen LogP) is 4.89. The number of hydrogen-bond acceptors (Lipinski definition) is 4. The standard InChI is InChI=1S/C21H21NO3/c1-16-20(22-21(25-16)18-6-4-3-5-7-18)13-15-24-19-10-8-17(9-11-19)12-14-23-2/h3-12,14H,13,15H2,1-2H3/b14-12+. The van der Waals surface area contributed by atoms with Crippen molar-refractivity contribution in [3.63, 3.8) is 0 Å². The van der Waals surface area contributed by atoms with Crippen molar-refractivity contribution < 1.29 is 13.9 Å². The van der Waals surface area contributed by atoms with E-state index in [0.29, 0.717) is 18.9 Å². The third-order valence-corrected chi connectivity index (χ3v) is 3.80. The smallest absolute Gasteiger partial charge is 0.226 e. The number of hydrogen-bond donors (Lipinski definition) is 0. The van der Waals surface area contributed by atoms with Crippen LogP contribution in [0.4, 0.5) is 0 Å². The van der Waals surface area contributed by atoms with E-state index in [0.717, 1.165) is 28.3 Å². The Morgan fingerprint density at radius 2 is 1.80 bits per heavy atom. The maximum absolute atomic E-state index is 5.80. The van der Waals surface area contributed by atoms with Crippen LogP contribution in [0.15, 0.2) is 65.3 Å². The highest BCUT2D eigenvalue weighted by atomic mass is 16.5. The molecule has 0 unspecified atom stereocenters. The molecule has 3 aromatic rings. The van der Waals surface area contributed by atoms with Crippen LogP contribution in [0.2, 0.25) is 0 Å². The van der Waals surface area contributed by atoms with E-state index in [1.807, 2.05) is 67.6 Å². The van der Waals surface area contributed by atoms with Gasteiger partial charge in [-0.05, 0) is 42.8 Å². The van der Waals surface area contributed by atoms with Gasteiger partial charge in [-0.3, -0.25) is 0 Å². The van der Waals surface area contributed by atoms with Crippen molar-refractivity contribution in [2.75, 3.05) is 13.7 Å². The fraction of sp³-hybridized carbons (Fsp3) is 0.190. The van der Waals surface area contributed by atoms with Crippen LogP contribution in [0, 0.1) is 6.92 Å². The maximum atomic E-state index is 5.80. The summed E-state index contributed by atoms with van der Waals surface area (Å²) in [4.78, 5) is 4.59. The molecule has 1 aromatic heterocycles. The van der Waals surface area contributed by atoms with Crippen LogP contribution in [0.5, 0.6) is 5.75 Å². The quantitative estimate of drug-likeness (QED) is 0.577. The van der Waals surface area contributed by atoms with E-state index in [9.17, 15) is 0 Å². The summed E-state index contributed by atoms with van der Waals surface area (Å²) in [7, 11) is 1.63. The van der Waals surface area contributed by atoms with Gasteiger partial charge in [-0.2, -0.15) is 0 Å². The third-order valence-electron chi connectivity index (χ3n) is 3.80. The molecule has 0 saturated carbocycles. The van der Waals surface area contributed by atoms with Crippen molar-refractivity contribution in [2.45, 2.75) is 13.3 Å². The van der Waals surface area contributed by atoms with Crippen molar-refractivity contribution in [2.24, 2.45) is 0 Å². The second-order valence-electron chi connectivity index (χ2n) is 5.59. The van der Waals surface area contributed by atoms with Crippen LogP contribution in [0.1, 0.15) is 17.0 Å². The van der Waals surface area contributed by atoms with E-state index in [-0.39, 0.29) is 0 Å². The first kappa shape index (κ1) is 16.8. The lowest BCUT2D eigenvalue weighted by atomic mass is 10.2. The first-order valence-corrected chi connectivity index (χ1v) is 8.20. The number of aromatic nitrogens is 1. The minimum Gasteiger partial charge on any atom is -0.504 e. The average Bonchev–Trinajstić information content (AvgIpc) is 3.03. The Hall–Kier alpha value is -3.01. The Balaban J connectivity index is 1.57. The Morgan fingerprint density at radius 1 is 1.04 bits per heavy atom. The van der Waals surface area contributed by atoms with Gasteiger partial charge in [-0.15, -0.1) is 0 Å². The summed E-state index contributed by atoms with van der Waals surface area (Å²) in [6, 6.07) is 17.8. The average molecular weight is 335 g/mol. The molecule has 0 aliphatic rings. The van der Waals surface area contributed by atoms with Gasteiger partial charge < -0.3 is 13.9 Å². The molecule has 3 rings (SSSR count). The lowest BCUT2D eigenvalue weighted by Crippen LogP contribution is -2.02. The second kappa shape index (κ2) is 8.20. The van der Waals surface area contributed by atoms with Gasteiger partial charge in [0.25, 0.3) is 0 Å². The first-order valence-electron chi connectivity index (χ1n) is 8.20. The first-order chi connectivity index (χ1) is 12.3. The number of oxazole rings is 1. The molecule has 0 amide bonds. The van der Waals surface area contributed by atoms with Crippen molar-refractivity contribution in [3.05, 3.63) is 77.9 Å². The lowest BCUT2D eigenvalue weighted by Gasteiger charge is -2.05. The number of benzene rings is 2. The van der Waals surface area contributed by atoms with E-state index in [4.69, 9.17) is 13.9 Å². The summed E-state index contributed by atoms with van der Waals surface area (Å²) in [6.07, 6.45) is 4.24. The van der Waals surface area contributed by atoms with E-state index in [2.05, 4.69) is 4.98 Å². The molecular formula is C21H21NO3. The molecule has 128 valence electrons. The Kier molecular flexibility index (Phi) is 5.52. The van der Waals surface area contributed by atoms with Crippen molar-refractivity contribution >= 4 is 6.08 Å².